The molecule has 1 N–H and O–H groups in total. The van der Waals surface area contributed by atoms with E-state index in [4.69, 9.17) is 9.47 Å². The zero-order valence-electron chi connectivity index (χ0n) is 17.2. The highest BCUT2D eigenvalue weighted by atomic mass is 16.6. The summed E-state index contributed by atoms with van der Waals surface area (Å²) in [5, 5.41) is 2.46. The van der Waals surface area contributed by atoms with E-state index in [9.17, 15) is 14.4 Å². The molecule has 3 amide bonds. The summed E-state index contributed by atoms with van der Waals surface area (Å²) in [5.41, 5.74) is 0.799. The van der Waals surface area contributed by atoms with E-state index < -0.39 is 11.0 Å². The highest BCUT2D eigenvalue weighted by molar-refractivity contribution is 6.04. The lowest BCUT2D eigenvalue weighted by Gasteiger charge is -2.34. The second kappa shape index (κ2) is 7.04. The number of nitrogens with zero attached hydrogens (tertiary/aromatic N) is 1. The molecule has 0 aliphatic carbocycles. The van der Waals surface area contributed by atoms with Crippen molar-refractivity contribution >= 4 is 17.9 Å². The van der Waals surface area contributed by atoms with Crippen LogP contribution in [-0.2, 0) is 19.7 Å². The van der Waals surface area contributed by atoms with Crippen molar-refractivity contribution in [1.82, 2.24) is 10.2 Å². The first-order chi connectivity index (χ1) is 13.7. The molecule has 7 nitrogen and oxygen atoms in total. The van der Waals surface area contributed by atoms with Gasteiger partial charge in [0.15, 0.2) is 0 Å². The lowest BCUT2D eigenvalue weighted by atomic mass is 9.75. The van der Waals surface area contributed by atoms with Gasteiger partial charge < -0.3 is 14.4 Å². The number of piperidine rings is 2. The Labute approximate surface area is 170 Å². The fourth-order valence-corrected chi connectivity index (χ4v) is 4.45. The summed E-state index contributed by atoms with van der Waals surface area (Å²) in [6, 6.07) is 6.07. The minimum absolute atomic E-state index is 0.220. The van der Waals surface area contributed by atoms with Crippen molar-refractivity contribution in [2.75, 3.05) is 19.7 Å². The lowest BCUT2D eigenvalue weighted by Crippen LogP contribution is -2.52. The molecule has 1 aromatic carbocycles. The third-order valence-corrected chi connectivity index (χ3v) is 6.08. The van der Waals surface area contributed by atoms with Gasteiger partial charge in [-0.1, -0.05) is 12.1 Å². The van der Waals surface area contributed by atoms with E-state index in [1.54, 1.807) is 4.90 Å². The Morgan fingerprint density at radius 3 is 2.62 bits per heavy atom. The molecule has 0 bridgehead atoms. The molecule has 2 fully saturated rings. The van der Waals surface area contributed by atoms with Crippen molar-refractivity contribution in [2.24, 2.45) is 0 Å². The van der Waals surface area contributed by atoms with Crippen LogP contribution in [0.2, 0.25) is 0 Å². The van der Waals surface area contributed by atoms with Crippen LogP contribution in [-0.4, -0.2) is 48.1 Å². The van der Waals surface area contributed by atoms with Crippen LogP contribution in [0.15, 0.2) is 18.2 Å². The predicted molar refractivity (Wildman–Crippen MR) is 106 cm³/mol. The molecule has 1 unspecified atom stereocenters. The van der Waals surface area contributed by atoms with Gasteiger partial charge in [-0.25, -0.2) is 4.79 Å². The van der Waals surface area contributed by atoms with E-state index in [1.807, 2.05) is 32.9 Å². The largest absolute Gasteiger partial charge is 0.492 e. The number of hydrogen-bond donors (Lipinski definition) is 1. The lowest BCUT2D eigenvalue weighted by molar-refractivity contribution is -0.138. The van der Waals surface area contributed by atoms with Crippen LogP contribution < -0.4 is 10.1 Å². The molecule has 3 heterocycles. The molecule has 1 atom stereocenters. The Morgan fingerprint density at radius 1 is 1.24 bits per heavy atom. The van der Waals surface area contributed by atoms with Crippen molar-refractivity contribution < 1.29 is 23.9 Å². The zero-order valence-corrected chi connectivity index (χ0v) is 17.2. The summed E-state index contributed by atoms with van der Waals surface area (Å²) >= 11 is 0. The fraction of sp³-hybridized carbons (Fsp3) is 0.591. The van der Waals surface area contributed by atoms with Gasteiger partial charge in [0.05, 0.1) is 0 Å². The van der Waals surface area contributed by atoms with Crippen molar-refractivity contribution in [2.45, 2.75) is 63.4 Å². The molecular weight excluding hydrogens is 372 g/mol. The highest BCUT2D eigenvalue weighted by Gasteiger charge is 2.50. The van der Waals surface area contributed by atoms with Crippen LogP contribution in [0.5, 0.6) is 5.75 Å². The highest BCUT2D eigenvalue weighted by Crippen LogP contribution is 2.45. The summed E-state index contributed by atoms with van der Waals surface area (Å²) in [4.78, 5) is 38.1. The zero-order chi connectivity index (χ0) is 20.8. The topological polar surface area (TPSA) is 84.9 Å². The average molecular weight is 400 g/mol. The predicted octanol–water partition coefficient (Wildman–Crippen LogP) is 2.87. The first kappa shape index (κ1) is 19.7. The van der Waals surface area contributed by atoms with Crippen molar-refractivity contribution in [1.29, 1.82) is 0 Å². The van der Waals surface area contributed by atoms with E-state index in [2.05, 4.69) is 11.4 Å². The van der Waals surface area contributed by atoms with E-state index >= 15 is 0 Å². The first-order valence-corrected chi connectivity index (χ1v) is 10.3. The number of imide groups is 1. The molecule has 0 saturated carbocycles. The second-order valence-corrected chi connectivity index (χ2v) is 9.25. The number of rotatable bonds is 1. The quantitative estimate of drug-likeness (QED) is 0.733. The van der Waals surface area contributed by atoms with E-state index in [-0.39, 0.29) is 24.5 Å². The van der Waals surface area contributed by atoms with E-state index in [1.165, 1.54) is 0 Å². The Kier molecular flexibility index (Phi) is 4.79. The molecule has 2 saturated heterocycles. The SMILES string of the molecule is CC(C)(C)OC(=O)N1CCC(c2ccc3c(c2)OCC32CCC(=O)NC2=O)CC1. The maximum atomic E-state index is 12.5. The van der Waals surface area contributed by atoms with Crippen LogP contribution in [0, 0.1) is 0 Å². The summed E-state index contributed by atoms with van der Waals surface area (Å²) in [7, 11) is 0. The third-order valence-electron chi connectivity index (χ3n) is 6.08. The number of carbonyl (C=O) groups is 3. The Balaban J connectivity index is 1.44. The molecule has 7 heteroatoms. The molecule has 29 heavy (non-hydrogen) atoms. The number of fused-ring (bicyclic) bond motifs is 2. The average Bonchev–Trinajstić information content (AvgIpc) is 3.03. The monoisotopic (exact) mass is 400 g/mol. The Hall–Kier alpha value is -2.57. The van der Waals surface area contributed by atoms with Gasteiger partial charge >= 0.3 is 6.09 Å². The normalized spacial score (nSPS) is 24.9. The molecule has 0 radical (unpaired) electrons. The van der Waals surface area contributed by atoms with E-state index in [0.29, 0.717) is 31.8 Å². The minimum Gasteiger partial charge on any atom is -0.492 e. The summed E-state index contributed by atoms with van der Waals surface area (Å²) in [6.45, 7) is 7.21. The molecule has 3 aliphatic heterocycles. The van der Waals surface area contributed by atoms with Gasteiger partial charge in [-0.05, 0) is 57.6 Å². The van der Waals surface area contributed by atoms with Crippen LogP contribution >= 0.6 is 0 Å². The molecule has 1 spiro atoms. The first-order valence-electron chi connectivity index (χ1n) is 10.3. The van der Waals surface area contributed by atoms with Gasteiger partial charge in [-0.15, -0.1) is 0 Å². The third kappa shape index (κ3) is 3.70. The van der Waals surface area contributed by atoms with E-state index in [0.717, 1.165) is 29.7 Å². The smallest absolute Gasteiger partial charge is 0.410 e. The number of carbonyl (C=O) groups excluding carboxylic acids is 3. The molecule has 1 aromatic rings. The van der Waals surface area contributed by atoms with Gasteiger partial charge in [0, 0.05) is 25.1 Å². The van der Waals surface area contributed by atoms with Crippen molar-refractivity contribution in [3.63, 3.8) is 0 Å². The van der Waals surface area contributed by atoms with Gasteiger partial charge in [-0.3, -0.25) is 14.9 Å². The number of hydrogen-bond acceptors (Lipinski definition) is 5. The number of ether oxygens (including phenoxy) is 2. The van der Waals surface area contributed by atoms with Crippen molar-refractivity contribution in [3.8, 4) is 5.75 Å². The number of nitrogens with one attached hydrogen (secondary N) is 1. The molecule has 3 aliphatic rings. The van der Waals surface area contributed by atoms with Crippen LogP contribution in [0.3, 0.4) is 0 Å². The fourth-order valence-electron chi connectivity index (χ4n) is 4.45. The summed E-state index contributed by atoms with van der Waals surface area (Å²) in [5.74, 6) is 0.593. The van der Waals surface area contributed by atoms with Crippen LogP contribution in [0.4, 0.5) is 4.79 Å². The van der Waals surface area contributed by atoms with Gasteiger partial charge in [-0.2, -0.15) is 0 Å². The molecular formula is C22H28N2O5. The van der Waals surface area contributed by atoms with Crippen LogP contribution in [0.1, 0.15) is 63.5 Å². The van der Waals surface area contributed by atoms with Gasteiger partial charge in [0.1, 0.15) is 23.4 Å². The number of benzene rings is 1. The number of amides is 3. The molecule has 0 aromatic heterocycles. The standard InChI is InChI=1S/C22H28N2O5/c1-21(2,3)29-20(27)24-10-7-14(8-11-24)15-4-5-16-17(12-15)28-13-22(16)9-6-18(25)23-19(22)26/h4-5,12,14H,6-11,13H2,1-3H3,(H,23,25,26). The second-order valence-electron chi connectivity index (χ2n) is 9.25. The Bertz CT molecular complexity index is 851. The van der Waals surface area contributed by atoms with Crippen LogP contribution in [0.25, 0.3) is 0 Å². The van der Waals surface area contributed by atoms with Gasteiger partial charge in [0.25, 0.3) is 0 Å². The summed E-state index contributed by atoms with van der Waals surface area (Å²) < 4.78 is 11.4. The number of likely N-dealkylation sites (tertiary alicyclic amines) is 1. The van der Waals surface area contributed by atoms with Gasteiger partial charge in [0.2, 0.25) is 11.8 Å². The molecule has 156 valence electrons. The maximum absolute atomic E-state index is 12.5. The summed E-state index contributed by atoms with van der Waals surface area (Å²) in [6.07, 6.45) is 2.28. The maximum Gasteiger partial charge on any atom is 0.410 e. The Morgan fingerprint density at radius 2 is 1.97 bits per heavy atom. The van der Waals surface area contributed by atoms with Crippen molar-refractivity contribution in [3.05, 3.63) is 29.3 Å². The minimum atomic E-state index is -0.748. The molecule has 4 rings (SSSR count).